The Balaban J connectivity index is 1.56. The van der Waals surface area contributed by atoms with Gasteiger partial charge in [0.2, 0.25) is 5.91 Å². The second kappa shape index (κ2) is 6.84. The molecule has 0 atom stereocenters. The van der Waals surface area contributed by atoms with Crippen molar-refractivity contribution >= 4 is 16.9 Å². The zero-order chi connectivity index (χ0) is 18.8. The minimum Gasteiger partial charge on any atom is -0.497 e. The molecule has 134 valence electrons. The third kappa shape index (κ3) is 3.46. The predicted molar refractivity (Wildman–Crippen MR) is 103 cm³/mol. The number of methoxy groups -OCH3 is 1. The summed E-state index contributed by atoms with van der Waals surface area (Å²) in [6.45, 7) is 0. The number of hydrogen-bond acceptors (Lipinski definition) is 4. The molecule has 1 amide bonds. The molecule has 0 bridgehead atoms. The lowest BCUT2D eigenvalue weighted by Crippen LogP contribution is -2.10. The molecule has 0 radical (unpaired) electrons. The number of primary amides is 1. The third-order valence-electron chi connectivity index (χ3n) is 4.19. The van der Waals surface area contributed by atoms with Crippen LogP contribution in [0.2, 0.25) is 0 Å². The highest BCUT2D eigenvalue weighted by molar-refractivity contribution is 5.96. The van der Waals surface area contributed by atoms with Crippen molar-refractivity contribution in [3.8, 4) is 28.6 Å². The minimum atomic E-state index is -0.465. The van der Waals surface area contributed by atoms with Crippen molar-refractivity contribution in [3.05, 3.63) is 72.3 Å². The van der Waals surface area contributed by atoms with Crippen LogP contribution >= 0.6 is 0 Å². The van der Waals surface area contributed by atoms with E-state index >= 15 is 0 Å². The van der Waals surface area contributed by atoms with Crippen LogP contribution in [0.15, 0.2) is 66.7 Å². The van der Waals surface area contributed by atoms with Crippen LogP contribution in [0, 0.1) is 0 Å². The number of aromatic nitrogens is 2. The molecule has 0 aliphatic carbocycles. The van der Waals surface area contributed by atoms with E-state index in [9.17, 15) is 4.79 Å². The maximum absolute atomic E-state index is 11.3. The van der Waals surface area contributed by atoms with E-state index in [0.29, 0.717) is 11.4 Å². The van der Waals surface area contributed by atoms with Crippen molar-refractivity contribution in [2.24, 2.45) is 5.73 Å². The third-order valence-corrected chi connectivity index (χ3v) is 4.19. The Morgan fingerprint density at radius 3 is 2.19 bits per heavy atom. The fourth-order valence-electron chi connectivity index (χ4n) is 2.76. The Kier molecular flexibility index (Phi) is 4.22. The average Bonchev–Trinajstić information content (AvgIpc) is 3.12. The largest absolute Gasteiger partial charge is 0.497 e. The topological polar surface area (TPSA) is 90.2 Å². The van der Waals surface area contributed by atoms with Gasteiger partial charge in [0, 0.05) is 11.1 Å². The molecule has 3 aromatic carbocycles. The molecule has 0 saturated carbocycles. The van der Waals surface area contributed by atoms with Gasteiger partial charge in [-0.25, -0.2) is 4.98 Å². The van der Waals surface area contributed by atoms with Gasteiger partial charge in [-0.15, -0.1) is 0 Å². The Morgan fingerprint density at radius 2 is 1.56 bits per heavy atom. The molecule has 0 saturated heterocycles. The van der Waals surface area contributed by atoms with E-state index in [1.807, 2.05) is 48.5 Å². The normalized spacial score (nSPS) is 10.7. The van der Waals surface area contributed by atoms with E-state index in [1.165, 1.54) is 0 Å². The number of H-pyrrole nitrogens is 1. The number of carbonyl (C=O) groups is 1. The first-order valence-corrected chi connectivity index (χ1v) is 8.34. The Hall–Kier alpha value is -3.80. The molecule has 3 N–H and O–H groups in total. The molecule has 0 aliphatic rings. The number of carbonyl (C=O) groups excluding carboxylic acids is 1. The van der Waals surface area contributed by atoms with Gasteiger partial charge in [0.05, 0.1) is 18.1 Å². The summed E-state index contributed by atoms with van der Waals surface area (Å²) in [4.78, 5) is 19.1. The highest BCUT2D eigenvalue weighted by Gasteiger charge is 2.08. The van der Waals surface area contributed by atoms with Crippen molar-refractivity contribution in [2.75, 3.05) is 7.11 Å². The standard InChI is InChI=1S/C21H17N3O3/c1-26-15-7-9-17(10-8-15)27-16-5-2-13(3-6-16)21-23-18-11-4-14(20(22)25)12-19(18)24-21/h2-12H,1H3,(H2,22,25)(H,23,24). The van der Waals surface area contributed by atoms with Crippen LogP contribution in [0.25, 0.3) is 22.4 Å². The monoisotopic (exact) mass is 359 g/mol. The smallest absolute Gasteiger partial charge is 0.248 e. The van der Waals surface area contributed by atoms with E-state index in [4.69, 9.17) is 15.2 Å². The highest BCUT2D eigenvalue weighted by Crippen LogP contribution is 2.27. The van der Waals surface area contributed by atoms with Crippen molar-refractivity contribution in [3.63, 3.8) is 0 Å². The highest BCUT2D eigenvalue weighted by atomic mass is 16.5. The fourth-order valence-corrected chi connectivity index (χ4v) is 2.76. The van der Waals surface area contributed by atoms with Crippen LogP contribution in [0.5, 0.6) is 17.2 Å². The number of imidazole rings is 1. The SMILES string of the molecule is COc1ccc(Oc2ccc(-c3nc4ccc(C(N)=O)cc4[nH]3)cc2)cc1. The molecule has 0 spiro atoms. The van der Waals surface area contributed by atoms with Crippen LogP contribution in [-0.4, -0.2) is 23.0 Å². The molecule has 1 heterocycles. The summed E-state index contributed by atoms with van der Waals surface area (Å²) < 4.78 is 11.0. The van der Waals surface area contributed by atoms with E-state index in [-0.39, 0.29) is 0 Å². The van der Waals surface area contributed by atoms with Crippen LogP contribution in [0.1, 0.15) is 10.4 Å². The zero-order valence-electron chi connectivity index (χ0n) is 14.6. The maximum atomic E-state index is 11.3. The van der Waals surface area contributed by atoms with Crippen LogP contribution < -0.4 is 15.2 Å². The molecule has 0 aliphatic heterocycles. The minimum absolute atomic E-state index is 0.445. The van der Waals surface area contributed by atoms with Gasteiger partial charge in [0.15, 0.2) is 0 Å². The number of nitrogens with two attached hydrogens (primary N) is 1. The molecule has 27 heavy (non-hydrogen) atoms. The molecule has 4 aromatic rings. The lowest BCUT2D eigenvalue weighted by Gasteiger charge is -2.07. The number of ether oxygens (including phenoxy) is 2. The maximum Gasteiger partial charge on any atom is 0.248 e. The Labute approximate surface area is 155 Å². The molecular formula is C21H17N3O3. The van der Waals surface area contributed by atoms with Crippen LogP contribution in [0.3, 0.4) is 0 Å². The van der Waals surface area contributed by atoms with Crippen molar-refractivity contribution in [1.29, 1.82) is 0 Å². The summed E-state index contributed by atoms with van der Waals surface area (Å²) in [6, 6.07) is 20.1. The Morgan fingerprint density at radius 1 is 0.926 bits per heavy atom. The van der Waals surface area contributed by atoms with Gasteiger partial charge in [-0.3, -0.25) is 4.79 Å². The van der Waals surface area contributed by atoms with Gasteiger partial charge in [0.1, 0.15) is 23.1 Å². The first kappa shape index (κ1) is 16.7. The number of fused-ring (bicyclic) bond motifs is 1. The summed E-state index contributed by atoms with van der Waals surface area (Å²) in [5, 5.41) is 0. The molecule has 0 unspecified atom stereocenters. The fraction of sp³-hybridized carbons (Fsp3) is 0.0476. The molecule has 1 aromatic heterocycles. The number of nitrogens with one attached hydrogen (secondary N) is 1. The molecule has 0 fully saturated rings. The second-order valence-corrected chi connectivity index (χ2v) is 5.98. The van der Waals surface area contributed by atoms with Crippen molar-refractivity contribution in [2.45, 2.75) is 0 Å². The van der Waals surface area contributed by atoms with E-state index in [0.717, 1.165) is 33.8 Å². The van der Waals surface area contributed by atoms with E-state index < -0.39 is 5.91 Å². The van der Waals surface area contributed by atoms with Crippen LogP contribution in [0.4, 0.5) is 0 Å². The van der Waals surface area contributed by atoms with Gasteiger partial charge in [-0.2, -0.15) is 0 Å². The number of nitrogens with zero attached hydrogens (tertiary/aromatic N) is 1. The lowest BCUT2D eigenvalue weighted by atomic mass is 10.2. The number of benzene rings is 3. The summed E-state index contributed by atoms with van der Waals surface area (Å²) in [7, 11) is 1.63. The number of aromatic amines is 1. The second-order valence-electron chi connectivity index (χ2n) is 5.98. The van der Waals surface area contributed by atoms with E-state index in [2.05, 4.69) is 9.97 Å². The quantitative estimate of drug-likeness (QED) is 0.560. The molecule has 6 heteroatoms. The zero-order valence-corrected chi connectivity index (χ0v) is 14.6. The van der Waals surface area contributed by atoms with Crippen molar-refractivity contribution < 1.29 is 14.3 Å². The first-order valence-electron chi connectivity index (χ1n) is 8.34. The lowest BCUT2D eigenvalue weighted by molar-refractivity contribution is 0.100. The van der Waals surface area contributed by atoms with Gasteiger partial charge >= 0.3 is 0 Å². The van der Waals surface area contributed by atoms with E-state index in [1.54, 1.807) is 25.3 Å². The molecule has 4 rings (SSSR count). The van der Waals surface area contributed by atoms with Gasteiger partial charge in [-0.1, -0.05) is 0 Å². The number of hydrogen-bond donors (Lipinski definition) is 2. The van der Waals surface area contributed by atoms with Gasteiger partial charge in [0.25, 0.3) is 0 Å². The summed E-state index contributed by atoms with van der Waals surface area (Å²) in [5.41, 5.74) is 8.22. The summed E-state index contributed by atoms with van der Waals surface area (Å²) >= 11 is 0. The summed E-state index contributed by atoms with van der Waals surface area (Å²) in [6.07, 6.45) is 0. The number of amides is 1. The van der Waals surface area contributed by atoms with Crippen LogP contribution in [-0.2, 0) is 0 Å². The summed E-state index contributed by atoms with van der Waals surface area (Å²) in [5.74, 6) is 2.47. The molecule has 6 nitrogen and oxygen atoms in total. The van der Waals surface area contributed by atoms with Crippen molar-refractivity contribution in [1.82, 2.24) is 9.97 Å². The Bertz CT molecular complexity index is 1100. The van der Waals surface area contributed by atoms with Gasteiger partial charge < -0.3 is 20.2 Å². The predicted octanol–water partition coefficient (Wildman–Crippen LogP) is 4.13. The van der Waals surface area contributed by atoms with Gasteiger partial charge in [-0.05, 0) is 66.7 Å². The molecular weight excluding hydrogens is 342 g/mol. The first-order chi connectivity index (χ1) is 13.1. The average molecular weight is 359 g/mol. The number of rotatable bonds is 5.